The largest absolute Gasteiger partial charge is 0.396 e. The first-order chi connectivity index (χ1) is 7.93. The zero-order chi connectivity index (χ0) is 13.1. The predicted octanol–water partition coefficient (Wildman–Crippen LogP) is 2.92. The number of rotatable bonds is 4. The van der Waals surface area contributed by atoms with Gasteiger partial charge in [0.15, 0.2) is 0 Å². The Bertz CT molecular complexity index is 302. The molecule has 0 heterocycles. The van der Waals surface area contributed by atoms with Gasteiger partial charge in [0.25, 0.3) is 0 Å². The van der Waals surface area contributed by atoms with E-state index in [0.717, 1.165) is 24.8 Å². The SMILES string of the molecule is C=C1CC[C@H](C/C=C(\C)CO)C(C)(C)[C@@H]1CO. The third-order valence-corrected chi connectivity index (χ3v) is 4.44. The Morgan fingerprint density at radius 1 is 1.47 bits per heavy atom. The lowest BCUT2D eigenvalue weighted by atomic mass is 9.60. The molecule has 1 saturated carbocycles. The maximum absolute atomic E-state index is 9.52. The van der Waals surface area contributed by atoms with E-state index in [0.29, 0.717) is 5.92 Å². The van der Waals surface area contributed by atoms with Crippen LogP contribution in [0, 0.1) is 17.3 Å². The first-order valence-corrected chi connectivity index (χ1v) is 6.48. The van der Waals surface area contributed by atoms with Crippen molar-refractivity contribution in [2.75, 3.05) is 13.2 Å². The number of aliphatic hydroxyl groups is 2. The second kappa shape index (κ2) is 5.83. The molecule has 1 aliphatic rings. The van der Waals surface area contributed by atoms with Crippen LogP contribution in [0.4, 0.5) is 0 Å². The molecule has 1 fully saturated rings. The molecule has 0 amide bonds. The van der Waals surface area contributed by atoms with Gasteiger partial charge in [0, 0.05) is 5.92 Å². The lowest BCUT2D eigenvalue weighted by Crippen LogP contribution is -2.39. The van der Waals surface area contributed by atoms with Crippen molar-refractivity contribution < 1.29 is 10.2 Å². The van der Waals surface area contributed by atoms with E-state index in [4.69, 9.17) is 5.11 Å². The van der Waals surface area contributed by atoms with Crippen molar-refractivity contribution in [2.45, 2.75) is 40.0 Å². The van der Waals surface area contributed by atoms with Crippen LogP contribution < -0.4 is 0 Å². The van der Waals surface area contributed by atoms with Gasteiger partial charge in [0.05, 0.1) is 13.2 Å². The van der Waals surface area contributed by atoms with Crippen LogP contribution >= 0.6 is 0 Å². The van der Waals surface area contributed by atoms with Crippen molar-refractivity contribution in [2.24, 2.45) is 17.3 Å². The topological polar surface area (TPSA) is 40.5 Å². The zero-order valence-corrected chi connectivity index (χ0v) is 11.4. The molecule has 2 atom stereocenters. The molecule has 1 aliphatic carbocycles. The molecule has 0 radical (unpaired) electrons. The van der Waals surface area contributed by atoms with Gasteiger partial charge in [-0.05, 0) is 37.5 Å². The maximum Gasteiger partial charge on any atom is 0.0639 e. The third-order valence-electron chi connectivity index (χ3n) is 4.44. The molecule has 0 spiro atoms. The number of aliphatic hydroxyl groups excluding tert-OH is 2. The van der Waals surface area contributed by atoms with Gasteiger partial charge in [-0.1, -0.05) is 37.6 Å². The molecule has 2 N–H and O–H groups in total. The minimum absolute atomic E-state index is 0.0936. The van der Waals surface area contributed by atoms with Crippen LogP contribution in [-0.4, -0.2) is 23.4 Å². The van der Waals surface area contributed by atoms with Crippen molar-refractivity contribution in [3.8, 4) is 0 Å². The Morgan fingerprint density at radius 3 is 2.65 bits per heavy atom. The molecule has 0 unspecified atom stereocenters. The summed E-state index contributed by atoms with van der Waals surface area (Å²) in [6.07, 6.45) is 5.28. The van der Waals surface area contributed by atoms with Gasteiger partial charge in [-0.25, -0.2) is 0 Å². The van der Waals surface area contributed by atoms with Crippen LogP contribution in [0.1, 0.15) is 40.0 Å². The van der Waals surface area contributed by atoms with Crippen LogP contribution in [0.15, 0.2) is 23.8 Å². The Morgan fingerprint density at radius 2 is 2.12 bits per heavy atom. The molecule has 0 bridgehead atoms. The molecule has 0 aromatic rings. The number of hydrogen-bond acceptors (Lipinski definition) is 2. The smallest absolute Gasteiger partial charge is 0.0639 e. The fourth-order valence-electron chi connectivity index (χ4n) is 2.91. The molecule has 98 valence electrons. The summed E-state index contributed by atoms with van der Waals surface area (Å²) in [6, 6.07) is 0. The molecular formula is C15H26O2. The highest BCUT2D eigenvalue weighted by Crippen LogP contribution is 2.48. The summed E-state index contributed by atoms with van der Waals surface area (Å²) in [6.45, 7) is 10.8. The minimum atomic E-state index is 0.0936. The van der Waals surface area contributed by atoms with Crippen molar-refractivity contribution in [3.05, 3.63) is 23.8 Å². The Kier molecular flexibility index (Phi) is 4.96. The van der Waals surface area contributed by atoms with E-state index in [1.807, 2.05) is 6.92 Å². The first kappa shape index (κ1) is 14.5. The Balaban J connectivity index is 2.77. The molecular weight excluding hydrogens is 212 g/mol. The van der Waals surface area contributed by atoms with Gasteiger partial charge in [0.2, 0.25) is 0 Å². The maximum atomic E-state index is 9.52. The fraction of sp³-hybridized carbons (Fsp3) is 0.733. The first-order valence-electron chi connectivity index (χ1n) is 6.48. The van der Waals surface area contributed by atoms with E-state index in [1.54, 1.807) is 0 Å². The second-order valence-corrected chi connectivity index (χ2v) is 5.89. The molecule has 0 aromatic carbocycles. The highest BCUT2D eigenvalue weighted by molar-refractivity contribution is 5.13. The normalized spacial score (nSPS) is 29.5. The summed E-state index contributed by atoms with van der Waals surface area (Å²) in [5.74, 6) is 0.774. The van der Waals surface area contributed by atoms with E-state index in [1.165, 1.54) is 5.57 Å². The molecule has 2 heteroatoms. The summed E-state index contributed by atoms with van der Waals surface area (Å²) in [5.41, 5.74) is 2.32. The average molecular weight is 238 g/mol. The standard InChI is InChI=1S/C15H26O2/c1-11(9-16)5-7-13-8-6-12(2)14(10-17)15(13,3)4/h5,13-14,16-17H,2,6-10H2,1,3-4H3/b11-5+/t13-,14+/m0/s1. The highest BCUT2D eigenvalue weighted by Gasteiger charge is 2.40. The number of allylic oxidation sites excluding steroid dienone is 1. The van der Waals surface area contributed by atoms with Gasteiger partial charge in [-0.15, -0.1) is 0 Å². The monoisotopic (exact) mass is 238 g/mol. The lowest BCUT2D eigenvalue weighted by molar-refractivity contribution is 0.0574. The lowest BCUT2D eigenvalue weighted by Gasteiger charge is -2.45. The number of hydrogen-bond donors (Lipinski definition) is 2. The zero-order valence-electron chi connectivity index (χ0n) is 11.4. The molecule has 0 aromatic heterocycles. The van der Waals surface area contributed by atoms with E-state index in [2.05, 4.69) is 26.5 Å². The Hall–Kier alpha value is -0.600. The van der Waals surface area contributed by atoms with Crippen molar-refractivity contribution in [1.29, 1.82) is 0 Å². The minimum Gasteiger partial charge on any atom is -0.396 e. The van der Waals surface area contributed by atoms with Gasteiger partial charge in [-0.3, -0.25) is 0 Å². The summed E-state index contributed by atoms with van der Waals surface area (Å²) < 4.78 is 0. The second-order valence-electron chi connectivity index (χ2n) is 5.89. The molecule has 17 heavy (non-hydrogen) atoms. The summed E-state index contributed by atoms with van der Waals surface area (Å²) >= 11 is 0. The van der Waals surface area contributed by atoms with Gasteiger partial charge >= 0.3 is 0 Å². The van der Waals surface area contributed by atoms with Crippen LogP contribution in [-0.2, 0) is 0 Å². The van der Waals surface area contributed by atoms with E-state index < -0.39 is 0 Å². The van der Waals surface area contributed by atoms with Gasteiger partial charge in [0.1, 0.15) is 0 Å². The van der Waals surface area contributed by atoms with E-state index >= 15 is 0 Å². The van der Waals surface area contributed by atoms with Crippen LogP contribution in [0.2, 0.25) is 0 Å². The molecule has 0 aliphatic heterocycles. The molecule has 0 saturated heterocycles. The quantitative estimate of drug-likeness (QED) is 0.739. The summed E-state index contributed by atoms with van der Waals surface area (Å²) in [4.78, 5) is 0. The van der Waals surface area contributed by atoms with Crippen LogP contribution in [0.25, 0.3) is 0 Å². The van der Waals surface area contributed by atoms with Crippen molar-refractivity contribution in [1.82, 2.24) is 0 Å². The Labute approximate surface area is 105 Å². The van der Waals surface area contributed by atoms with Crippen molar-refractivity contribution >= 4 is 0 Å². The van der Waals surface area contributed by atoms with Crippen molar-refractivity contribution in [3.63, 3.8) is 0 Å². The van der Waals surface area contributed by atoms with E-state index in [-0.39, 0.29) is 24.5 Å². The fourth-order valence-corrected chi connectivity index (χ4v) is 2.91. The third kappa shape index (κ3) is 3.20. The van der Waals surface area contributed by atoms with E-state index in [9.17, 15) is 5.11 Å². The molecule has 1 rings (SSSR count). The predicted molar refractivity (Wildman–Crippen MR) is 71.7 cm³/mol. The summed E-state index contributed by atoms with van der Waals surface area (Å²) in [5, 5.41) is 18.5. The van der Waals surface area contributed by atoms with Crippen LogP contribution in [0.3, 0.4) is 0 Å². The molecule has 2 nitrogen and oxygen atoms in total. The van der Waals surface area contributed by atoms with Crippen LogP contribution in [0.5, 0.6) is 0 Å². The highest BCUT2D eigenvalue weighted by atomic mass is 16.3. The van der Waals surface area contributed by atoms with Gasteiger partial charge < -0.3 is 10.2 Å². The summed E-state index contributed by atoms with van der Waals surface area (Å²) in [7, 11) is 0. The average Bonchev–Trinajstić information content (AvgIpc) is 2.27. The van der Waals surface area contributed by atoms with Gasteiger partial charge in [-0.2, -0.15) is 0 Å².